The molecular weight excluding hydrogens is 456 g/mol. The van der Waals surface area contributed by atoms with Crippen molar-refractivity contribution in [3.63, 3.8) is 0 Å². The highest BCUT2D eigenvalue weighted by atomic mass is 16.6. The zero-order valence-corrected chi connectivity index (χ0v) is 19.0. The quantitative estimate of drug-likeness (QED) is 0.382. The molecule has 10 nitrogen and oxygen atoms in total. The van der Waals surface area contributed by atoms with Gasteiger partial charge >= 0.3 is 5.97 Å². The van der Waals surface area contributed by atoms with Crippen LogP contribution in [0.1, 0.15) is 21.5 Å². The summed E-state index contributed by atoms with van der Waals surface area (Å²) < 4.78 is 16.3. The molecule has 1 amide bonds. The van der Waals surface area contributed by atoms with E-state index in [9.17, 15) is 24.8 Å². The van der Waals surface area contributed by atoms with Gasteiger partial charge in [0.15, 0.2) is 11.5 Å². The molecule has 0 bridgehead atoms. The molecule has 0 fully saturated rings. The lowest BCUT2D eigenvalue weighted by Gasteiger charge is -2.23. The number of amides is 1. The molecule has 180 valence electrons. The van der Waals surface area contributed by atoms with Crippen molar-refractivity contribution in [2.24, 2.45) is 0 Å². The van der Waals surface area contributed by atoms with E-state index in [1.807, 2.05) is 30.3 Å². The molecule has 1 unspecified atom stereocenters. The van der Waals surface area contributed by atoms with Gasteiger partial charge in [0.25, 0.3) is 11.6 Å². The smallest absolute Gasteiger partial charge is 0.327 e. The minimum absolute atomic E-state index is 0.0591. The van der Waals surface area contributed by atoms with E-state index in [2.05, 4.69) is 0 Å². The van der Waals surface area contributed by atoms with Crippen LogP contribution in [0.2, 0.25) is 0 Å². The van der Waals surface area contributed by atoms with Crippen LogP contribution in [0.5, 0.6) is 17.2 Å². The molecule has 3 aromatic rings. The first-order valence-corrected chi connectivity index (χ1v) is 10.6. The van der Waals surface area contributed by atoms with Crippen molar-refractivity contribution in [1.82, 2.24) is 0 Å². The van der Waals surface area contributed by atoms with Gasteiger partial charge in [0.2, 0.25) is 0 Å². The van der Waals surface area contributed by atoms with Gasteiger partial charge in [0.05, 0.1) is 30.9 Å². The zero-order valence-electron chi connectivity index (χ0n) is 19.0. The summed E-state index contributed by atoms with van der Waals surface area (Å²) in [6.07, 6.45) is 0.0591. The molecule has 1 aliphatic heterocycles. The zero-order chi connectivity index (χ0) is 25.1. The number of hydrogen-bond donors (Lipinski definition) is 1. The fourth-order valence-corrected chi connectivity index (χ4v) is 3.99. The monoisotopic (exact) mass is 478 g/mol. The van der Waals surface area contributed by atoms with Crippen molar-refractivity contribution in [2.45, 2.75) is 19.1 Å². The van der Waals surface area contributed by atoms with Gasteiger partial charge in [-0.05, 0) is 17.2 Å². The average Bonchev–Trinajstić information content (AvgIpc) is 3.26. The van der Waals surface area contributed by atoms with E-state index in [1.54, 1.807) is 12.1 Å². The summed E-state index contributed by atoms with van der Waals surface area (Å²) in [6.45, 7) is 0.127. The minimum Gasteiger partial charge on any atom is -0.497 e. The highest BCUT2D eigenvalue weighted by Crippen LogP contribution is 2.40. The third-order valence-electron chi connectivity index (χ3n) is 5.73. The first kappa shape index (κ1) is 23.6. The van der Waals surface area contributed by atoms with E-state index in [0.717, 1.165) is 16.5 Å². The number of methoxy groups -OCH3 is 2. The molecule has 0 aromatic heterocycles. The highest BCUT2D eigenvalue weighted by Gasteiger charge is 2.41. The van der Waals surface area contributed by atoms with Crippen LogP contribution in [-0.2, 0) is 17.8 Å². The molecule has 35 heavy (non-hydrogen) atoms. The van der Waals surface area contributed by atoms with Crippen LogP contribution in [0.3, 0.4) is 0 Å². The van der Waals surface area contributed by atoms with Crippen LogP contribution in [0.4, 0.5) is 11.4 Å². The number of hydrogen-bond acceptors (Lipinski definition) is 7. The summed E-state index contributed by atoms with van der Waals surface area (Å²) in [5.74, 6) is -1.47. The number of carboxylic acids is 1. The van der Waals surface area contributed by atoms with Gasteiger partial charge in [0.1, 0.15) is 24.0 Å². The number of carbonyl (C=O) groups excluding carboxylic acids is 1. The second-order valence-corrected chi connectivity index (χ2v) is 7.78. The minimum atomic E-state index is -1.23. The number of carboxylic acid groups (broad SMARTS) is 1. The van der Waals surface area contributed by atoms with Gasteiger partial charge in [-0.15, -0.1) is 0 Å². The standard InChI is InChI=1S/C25H22N2O8/c1-33-17-9-8-16-10-21(25(29)30)26(19(16)11-17)24(28)18-12-22(34-2)23(13-20(18)27(31)32)35-14-15-6-4-3-5-7-15/h3-9,11-13,21H,10,14H2,1-2H3,(H,29,30). The van der Waals surface area contributed by atoms with E-state index in [-0.39, 0.29) is 30.1 Å². The Kier molecular flexibility index (Phi) is 6.54. The summed E-state index contributed by atoms with van der Waals surface area (Å²) in [6, 6.07) is 15.2. The Labute approximate surface area is 200 Å². The lowest BCUT2D eigenvalue weighted by Crippen LogP contribution is -2.43. The number of nitro benzene ring substituents is 1. The third-order valence-corrected chi connectivity index (χ3v) is 5.73. The maximum absolute atomic E-state index is 13.6. The number of nitro groups is 1. The second-order valence-electron chi connectivity index (χ2n) is 7.78. The maximum Gasteiger partial charge on any atom is 0.327 e. The summed E-state index contributed by atoms with van der Waals surface area (Å²) in [5, 5.41) is 21.7. The number of carbonyl (C=O) groups is 2. The van der Waals surface area contributed by atoms with Crippen LogP contribution in [0.25, 0.3) is 0 Å². The van der Waals surface area contributed by atoms with E-state index in [0.29, 0.717) is 17.0 Å². The van der Waals surface area contributed by atoms with Crippen molar-refractivity contribution in [2.75, 3.05) is 19.1 Å². The normalized spacial score (nSPS) is 14.2. The summed E-state index contributed by atoms with van der Waals surface area (Å²) in [5.41, 5.74) is 0.924. The van der Waals surface area contributed by atoms with Crippen molar-refractivity contribution >= 4 is 23.3 Å². The number of rotatable bonds is 8. The molecule has 0 spiro atoms. The average molecular weight is 478 g/mol. The van der Waals surface area contributed by atoms with Crippen molar-refractivity contribution in [3.8, 4) is 17.2 Å². The Morgan fingerprint density at radius 2 is 1.80 bits per heavy atom. The molecule has 4 rings (SSSR count). The molecule has 1 N–H and O–H groups in total. The van der Waals surface area contributed by atoms with Gasteiger partial charge in [0, 0.05) is 18.6 Å². The SMILES string of the molecule is COc1ccc2c(c1)N(C(=O)c1cc(OC)c(OCc3ccccc3)cc1[N+](=O)[O-])C(C(=O)O)C2. The number of nitrogens with zero attached hydrogens (tertiary/aromatic N) is 2. The van der Waals surface area contributed by atoms with E-state index in [1.165, 1.54) is 26.4 Å². The van der Waals surface area contributed by atoms with Gasteiger partial charge in [-0.3, -0.25) is 19.8 Å². The molecular formula is C25H22N2O8. The molecule has 10 heteroatoms. The fourth-order valence-electron chi connectivity index (χ4n) is 3.99. The van der Waals surface area contributed by atoms with Crippen LogP contribution < -0.4 is 19.1 Å². The van der Waals surface area contributed by atoms with Gasteiger partial charge in [-0.2, -0.15) is 0 Å². The number of fused-ring (bicyclic) bond motifs is 1. The van der Waals surface area contributed by atoms with Gasteiger partial charge in [-0.1, -0.05) is 36.4 Å². The largest absolute Gasteiger partial charge is 0.497 e. The highest BCUT2D eigenvalue weighted by molar-refractivity contribution is 6.13. The Morgan fingerprint density at radius 1 is 1.06 bits per heavy atom. The Bertz CT molecular complexity index is 1290. The van der Waals surface area contributed by atoms with Crippen LogP contribution in [0.15, 0.2) is 60.7 Å². The second kappa shape index (κ2) is 9.72. The third kappa shape index (κ3) is 4.58. The number of aliphatic carboxylic acids is 1. The number of ether oxygens (including phenoxy) is 3. The molecule has 0 saturated heterocycles. The topological polar surface area (TPSA) is 128 Å². The maximum atomic E-state index is 13.6. The predicted octanol–water partition coefficient (Wildman–Crippen LogP) is 3.85. The van der Waals surface area contributed by atoms with Crippen LogP contribution in [0, 0.1) is 10.1 Å². The van der Waals surface area contributed by atoms with Gasteiger partial charge < -0.3 is 19.3 Å². The first-order valence-electron chi connectivity index (χ1n) is 10.6. The van der Waals surface area contributed by atoms with E-state index >= 15 is 0 Å². The number of anilines is 1. The number of benzene rings is 3. The van der Waals surface area contributed by atoms with Crippen LogP contribution >= 0.6 is 0 Å². The summed E-state index contributed by atoms with van der Waals surface area (Å²) >= 11 is 0. The summed E-state index contributed by atoms with van der Waals surface area (Å²) in [4.78, 5) is 37.9. The summed E-state index contributed by atoms with van der Waals surface area (Å²) in [7, 11) is 2.79. The van der Waals surface area contributed by atoms with E-state index < -0.39 is 28.5 Å². The van der Waals surface area contributed by atoms with Crippen molar-refractivity contribution in [3.05, 3.63) is 87.5 Å². The molecule has 0 aliphatic carbocycles. The molecule has 3 aromatic carbocycles. The van der Waals surface area contributed by atoms with Crippen molar-refractivity contribution in [1.29, 1.82) is 0 Å². The molecule has 1 atom stereocenters. The fraction of sp³-hybridized carbons (Fsp3) is 0.200. The Hall–Kier alpha value is -4.60. The van der Waals surface area contributed by atoms with Crippen LogP contribution in [-0.4, -0.2) is 42.2 Å². The predicted molar refractivity (Wildman–Crippen MR) is 125 cm³/mol. The molecule has 0 saturated carbocycles. The molecule has 1 heterocycles. The van der Waals surface area contributed by atoms with Crippen molar-refractivity contribution < 1.29 is 33.8 Å². The van der Waals surface area contributed by atoms with Gasteiger partial charge in [-0.25, -0.2) is 4.79 Å². The lowest BCUT2D eigenvalue weighted by atomic mass is 10.1. The lowest BCUT2D eigenvalue weighted by molar-refractivity contribution is -0.385. The van der Waals surface area contributed by atoms with E-state index in [4.69, 9.17) is 14.2 Å². The Morgan fingerprint density at radius 3 is 2.43 bits per heavy atom. The molecule has 1 aliphatic rings. The Balaban J connectivity index is 1.76. The first-order chi connectivity index (χ1) is 16.8. The molecule has 0 radical (unpaired) electrons.